The van der Waals surface area contributed by atoms with Gasteiger partial charge < -0.3 is 13.8 Å². The monoisotopic (exact) mass is 371 g/mol. The molecule has 3 aliphatic heterocycles. The van der Waals surface area contributed by atoms with Gasteiger partial charge >= 0.3 is 7.60 Å². The van der Waals surface area contributed by atoms with Crippen LogP contribution >= 0.6 is 7.60 Å². The van der Waals surface area contributed by atoms with E-state index in [1.54, 1.807) is 13.1 Å². The SMILES string of the molecule is CC1OC(CCP2(=O)OCCC(C3=CCCN=C3)O2)[C@@H](N=O)C1N=O. The summed E-state index contributed by atoms with van der Waals surface area (Å²) in [6, 6.07) is -1.68. The molecule has 3 aliphatic rings. The lowest BCUT2D eigenvalue weighted by Crippen LogP contribution is -2.30. The maximum absolute atomic E-state index is 12.9. The standard InChI is InChI=1S/C15H22N3O6P/c1-10-14(17-19)15(18-20)13(23-10)5-8-25(21)22-7-4-12(24-25)11-3-2-6-16-9-11/h3,9-10,12-15H,2,4-8H2,1H3/t10?,12?,13?,14?,15-,25?/m1/s1. The Morgan fingerprint density at radius 1 is 1.32 bits per heavy atom. The predicted molar refractivity (Wildman–Crippen MR) is 92.1 cm³/mol. The van der Waals surface area contributed by atoms with Gasteiger partial charge in [0.1, 0.15) is 12.1 Å². The van der Waals surface area contributed by atoms with Gasteiger partial charge in [0.25, 0.3) is 0 Å². The fourth-order valence-electron chi connectivity index (χ4n) is 3.40. The van der Waals surface area contributed by atoms with E-state index >= 15 is 0 Å². The van der Waals surface area contributed by atoms with Gasteiger partial charge in [-0.25, -0.2) is 0 Å². The quantitative estimate of drug-likeness (QED) is 0.523. The van der Waals surface area contributed by atoms with Crippen LogP contribution < -0.4 is 0 Å². The van der Waals surface area contributed by atoms with E-state index in [1.807, 2.05) is 6.08 Å². The van der Waals surface area contributed by atoms with Gasteiger partial charge in [0.2, 0.25) is 0 Å². The summed E-state index contributed by atoms with van der Waals surface area (Å²) in [5.74, 6) is 0. The molecule has 9 nitrogen and oxygen atoms in total. The van der Waals surface area contributed by atoms with Crippen molar-refractivity contribution in [3.05, 3.63) is 21.5 Å². The van der Waals surface area contributed by atoms with E-state index in [1.165, 1.54) is 0 Å². The fraction of sp³-hybridized carbons (Fsp3) is 0.800. The van der Waals surface area contributed by atoms with Crippen molar-refractivity contribution in [2.75, 3.05) is 19.3 Å². The molecule has 0 aliphatic carbocycles. The summed E-state index contributed by atoms with van der Waals surface area (Å²) in [5, 5.41) is 5.91. The Kier molecular flexibility index (Phi) is 5.89. The smallest absolute Gasteiger partial charge is 0.331 e. The van der Waals surface area contributed by atoms with Crippen molar-refractivity contribution < 1.29 is 18.3 Å². The Balaban J connectivity index is 1.61. The van der Waals surface area contributed by atoms with Crippen molar-refractivity contribution >= 4 is 13.8 Å². The van der Waals surface area contributed by atoms with Gasteiger partial charge in [-0.05, 0) is 25.3 Å². The van der Waals surface area contributed by atoms with Gasteiger partial charge in [-0.15, -0.1) is 0 Å². The van der Waals surface area contributed by atoms with E-state index in [-0.39, 0.29) is 18.7 Å². The summed E-state index contributed by atoms with van der Waals surface area (Å²) in [7, 11) is -3.31. The molecule has 0 aromatic heterocycles. The second kappa shape index (κ2) is 7.95. The molecular formula is C15H22N3O6P. The number of nitrogens with zero attached hydrogens (tertiary/aromatic N) is 3. The molecule has 2 saturated heterocycles. The number of aliphatic imine (C=N–C) groups is 1. The lowest BCUT2D eigenvalue weighted by Gasteiger charge is -2.31. The van der Waals surface area contributed by atoms with E-state index in [0.29, 0.717) is 13.0 Å². The largest absolute Gasteiger partial charge is 0.370 e. The molecule has 0 saturated carbocycles. The van der Waals surface area contributed by atoms with Gasteiger partial charge in [0, 0.05) is 19.2 Å². The molecule has 0 N–H and O–H groups in total. The zero-order chi connectivity index (χ0) is 17.9. The second-order valence-electron chi connectivity index (χ2n) is 6.44. The van der Waals surface area contributed by atoms with Crippen molar-refractivity contribution in [2.24, 2.45) is 15.3 Å². The second-order valence-corrected chi connectivity index (χ2v) is 8.58. The highest BCUT2D eigenvalue weighted by molar-refractivity contribution is 7.53. The molecule has 0 aromatic rings. The number of hydrogen-bond acceptors (Lipinski definition) is 9. The first kappa shape index (κ1) is 18.5. The molecule has 3 rings (SSSR count). The highest BCUT2D eigenvalue weighted by Gasteiger charge is 2.46. The minimum absolute atomic E-state index is 0.100. The Hall–Kier alpha value is -1.28. The van der Waals surface area contributed by atoms with Crippen LogP contribution in [0.4, 0.5) is 0 Å². The Morgan fingerprint density at radius 2 is 2.12 bits per heavy atom. The summed E-state index contributed by atoms with van der Waals surface area (Å²) in [4.78, 5) is 26.1. The average molecular weight is 371 g/mol. The van der Waals surface area contributed by atoms with Gasteiger partial charge in [-0.2, -0.15) is 9.81 Å². The molecule has 138 valence electrons. The molecule has 0 aromatic carbocycles. The fourth-order valence-corrected chi connectivity index (χ4v) is 5.26. The zero-order valence-corrected chi connectivity index (χ0v) is 14.9. The van der Waals surface area contributed by atoms with Crippen molar-refractivity contribution in [3.63, 3.8) is 0 Å². The minimum Gasteiger partial charge on any atom is -0.370 e. The molecular weight excluding hydrogens is 349 g/mol. The molecule has 0 radical (unpaired) electrons. The van der Waals surface area contributed by atoms with Crippen LogP contribution in [0.15, 0.2) is 27.0 Å². The van der Waals surface area contributed by atoms with Crippen LogP contribution in [0.25, 0.3) is 0 Å². The summed E-state index contributed by atoms with van der Waals surface area (Å²) in [6.07, 6.45) is 4.23. The molecule has 0 spiro atoms. The first-order valence-corrected chi connectivity index (χ1v) is 10.2. The van der Waals surface area contributed by atoms with Crippen molar-refractivity contribution in [1.29, 1.82) is 0 Å². The molecule has 5 unspecified atom stereocenters. The molecule has 6 atom stereocenters. The maximum Gasteiger partial charge on any atom is 0.331 e. The minimum atomic E-state index is -3.31. The summed E-state index contributed by atoms with van der Waals surface area (Å²) in [6.45, 7) is 2.77. The van der Waals surface area contributed by atoms with E-state index in [0.717, 1.165) is 18.5 Å². The molecule has 2 fully saturated rings. The topological polar surface area (TPSA) is 116 Å². The van der Waals surface area contributed by atoms with Gasteiger partial charge in [-0.3, -0.25) is 9.56 Å². The number of ether oxygens (including phenoxy) is 1. The van der Waals surface area contributed by atoms with Crippen molar-refractivity contribution in [3.8, 4) is 0 Å². The molecule has 25 heavy (non-hydrogen) atoms. The van der Waals surface area contributed by atoms with Crippen LogP contribution in [0.3, 0.4) is 0 Å². The number of hydrogen-bond donors (Lipinski definition) is 0. The predicted octanol–water partition coefficient (Wildman–Crippen LogP) is 2.83. The van der Waals surface area contributed by atoms with E-state index < -0.39 is 31.9 Å². The van der Waals surface area contributed by atoms with Gasteiger partial charge in [0.05, 0.1) is 31.1 Å². The van der Waals surface area contributed by atoms with E-state index in [4.69, 9.17) is 13.8 Å². The van der Waals surface area contributed by atoms with Crippen LogP contribution in [0, 0.1) is 9.81 Å². The maximum atomic E-state index is 12.9. The first-order chi connectivity index (χ1) is 12.1. The summed E-state index contributed by atoms with van der Waals surface area (Å²) < 4.78 is 29.7. The Bertz CT molecular complexity index is 624. The third kappa shape index (κ3) is 4.11. The third-order valence-corrected chi connectivity index (χ3v) is 6.70. The third-order valence-electron chi connectivity index (χ3n) is 4.74. The number of dihydropyridines is 1. The van der Waals surface area contributed by atoms with Crippen LogP contribution in [-0.2, 0) is 18.3 Å². The summed E-state index contributed by atoms with van der Waals surface area (Å²) >= 11 is 0. The first-order valence-electron chi connectivity index (χ1n) is 8.48. The molecule has 10 heteroatoms. The number of rotatable bonds is 6. The lowest BCUT2D eigenvalue weighted by atomic mass is 10.0. The van der Waals surface area contributed by atoms with Crippen LogP contribution in [-0.4, -0.2) is 55.9 Å². The molecule has 0 bridgehead atoms. The molecule has 3 heterocycles. The zero-order valence-electron chi connectivity index (χ0n) is 14.0. The van der Waals surface area contributed by atoms with Crippen LogP contribution in [0.2, 0.25) is 0 Å². The Labute approximate surface area is 145 Å². The van der Waals surface area contributed by atoms with Crippen LogP contribution in [0.5, 0.6) is 0 Å². The Morgan fingerprint density at radius 3 is 2.80 bits per heavy atom. The highest BCUT2D eigenvalue weighted by atomic mass is 31.2. The van der Waals surface area contributed by atoms with E-state index in [9.17, 15) is 14.4 Å². The van der Waals surface area contributed by atoms with Crippen molar-refractivity contribution in [1.82, 2.24) is 0 Å². The average Bonchev–Trinajstić information content (AvgIpc) is 2.95. The molecule has 0 amide bonds. The highest BCUT2D eigenvalue weighted by Crippen LogP contribution is 2.54. The number of nitroso groups, excluding NO2 is 2. The summed E-state index contributed by atoms with van der Waals surface area (Å²) in [5.41, 5.74) is 0.929. The van der Waals surface area contributed by atoms with Gasteiger partial charge in [0.15, 0.2) is 0 Å². The van der Waals surface area contributed by atoms with Crippen molar-refractivity contribution in [2.45, 2.75) is 56.6 Å². The van der Waals surface area contributed by atoms with Crippen LogP contribution in [0.1, 0.15) is 26.2 Å². The van der Waals surface area contributed by atoms with Gasteiger partial charge in [-0.1, -0.05) is 16.4 Å². The lowest BCUT2D eigenvalue weighted by molar-refractivity contribution is 0.0449. The normalized spacial score (nSPS) is 41.3. The van der Waals surface area contributed by atoms with E-state index in [2.05, 4.69) is 15.3 Å².